The molecule has 4 nitrogen and oxygen atoms in total. The molecule has 0 unspecified atom stereocenters. The number of nitrogens with one attached hydrogen (secondary N) is 1. The van der Waals surface area contributed by atoms with Crippen molar-refractivity contribution < 1.29 is 4.74 Å². The van der Waals surface area contributed by atoms with E-state index in [9.17, 15) is 4.79 Å². The van der Waals surface area contributed by atoms with E-state index in [4.69, 9.17) is 9.72 Å². The van der Waals surface area contributed by atoms with Crippen molar-refractivity contribution in [1.29, 1.82) is 0 Å². The molecule has 2 heterocycles. The predicted molar refractivity (Wildman–Crippen MR) is 103 cm³/mol. The van der Waals surface area contributed by atoms with Gasteiger partial charge in [0.2, 0.25) is 0 Å². The third kappa shape index (κ3) is 3.21. The highest BCUT2D eigenvalue weighted by atomic mass is 32.1. The highest BCUT2D eigenvalue weighted by molar-refractivity contribution is 7.18. The maximum Gasteiger partial charge on any atom is 0.260 e. The molecule has 1 aliphatic rings. The molecule has 1 aliphatic carbocycles. The summed E-state index contributed by atoms with van der Waals surface area (Å²) in [5, 5.41) is 0.804. The monoisotopic (exact) mass is 354 g/mol. The van der Waals surface area contributed by atoms with Crippen molar-refractivity contribution in [1.82, 2.24) is 9.97 Å². The Hall–Kier alpha value is -2.14. The standard InChI is InChI=1S/C20H22N2O2S/c1-2-3-11-24-14-8-6-7-13(12-14)18-21-19(23)17-15-9-4-5-10-16(15)25-20(17)22-18/h6-8,12H,2-5,9-11H2,1H3,(H,21,22,23). The predicted octanol–water partition coefficient (Wildman–Crippen LogP) is 4.71. The van der Waals surface area contributed by atoms with Crippen molar-refractivity contribution >= 4 is 21.6 Å². The molecule has 2 aromatic heterocycles. The number of hydrogen-bond donors (Lipinski definition) is 1. The van der Waals surface area contributed by atoms with Crippen LogP contribution in [0.2, 0.25) is 0 Å². The molecule has 0 fully saturated rings. The number of H-pyrrole nitrogens is 1. The Labute approximate surface area is 150 Å². The largest absolute Gasteiger partial charge is 0.494 e. The number of unbranched alkanes of at least 4 members (excludes halogenated alkanes) is 1. The van der Waals surface area contributed by atoms with E-state index in [0.717, 1.165) is 53.6 Å². The van der Waals surface area contributed by atoms with Crippen molar-refractivity contribution in [2.45, 2.75) is 45.4 Å². The first-order valence-corrected chi connectivity index (χ1v) is 9.85. The van der Waals surface area contributed by atoms with Gasteiger partial charge < -0.3 is 9.72 Å². The van der Waals surface area contributed by atoms with E-state index in [2.05, 4.69) is 11.9 Å². The lowest BCUT2D eigenvalue weighted by molar-refractivity contribution is 0.309. The SMILES string of the molecule is CCCCOc1cccc(-c2nc3sc4c(c3c(=O)[nH]2)CCCC4)c1. The van der Waals surface area contributed by atoms with Gasteiger partial charge in [0.25, 0.3) is 5.56 Å². The molecule has 0 bridgehead atoms. The van der Waals surface area contributed by atoms with Gasteiger partial charge >= 0.3 is 0 Å². The Morgan fingerprint density at radius 1 is 1.28 bits per heavy atom. The summed E-state index contributed by atoms with van der Waals surface area (Å²) in [6, 6.07) is 7.80. The Bertz CT molecular complexity index is 958. The smallest absolute Gasteiger partial charge is 0.260 e. The van der Waals surface area contributed by atoms with Crippen LogP contribution in [0, 0.1) is 0 Å². The summed E-state index contributed by atoms with van der Waals surface area (Å²) in [7, 11) is 0. The molecule has 5 heteroatoms. The number of aryl methyl sites for hydroxylation is 2. The summed E-state index contributed by atoms with van der Waals surface area (Å²) in [5.41, 5.74) is 2.10. The fraction of sp³-hybridized carbons (Fsp3) is 0.400. The average molecular weight is 354 g/mol. The van der Waals surface area contributed by atoms with E-state index in [0.29, 0.717) is 12.4 Å². The minimum absolute atomic E-state index is 0.0169. The van der Waals surface area contributed by atoms with E-state index in [1.807, 2.05) is 24.3 Å². The first-order valence-electron chi connectivity index (χ1n) is 9.04. The zero-order valence-electron chi connectivity index (χ0n) is 14.4. The molecular formula is C20H22N2O2S. The maximum atomic E-state index is 12.7. The van der Waals surface area contributed by atoms with Gasteiger partial charge in [-0.25, -0.2) is 4.98 Å². The molecule has 0 saturated heterocycles. The number of rotatable bonds is 5. The van der Waals surface area contributed by atoms with Gasteiger partial charge in [-0.2, -0.15) is 0 Å². The molecule has 0 saturated carbocycles. The number of hydrogen-bond acceptors (Lipinski definition) is 4. The van der Waals surface area contributed by atoms with E-state index in [-0.39, 0.29) is 5.56 Å². The second-order valence-corrected chi connectivity index (χ2v) is 7.62. The lowest BCUT2D eigenvalue weighted by atomic mass is 9.97. The topological polar surface area (TPSA) is 55.0 Å². The van der Waals surface area contributed by atoms with Crippen molar-refractivity contribution in [2.24, 2.45) is 0 Å². The Morgan fingerprint density at radius 3 is 3.04 bits per heavy atom. The number of nitrogens with zero attached hydrogens (tertiary/aromatic N) is 1. The van der Waals surface area contributed by atoms with Crippen LogP contribution in [-0.4, -0.2) is 16.6 Å². The number of aromatic nitrogens is 2. The molecule has 1 aromatic carbocycles. The summed E-state index contributed by atoms with van der Waals surface area (Å²) < 4.78 is 5.78. The van der Waals surface area contributed by atoms with Crippen molar-refractivity contribution in [3.05, 3.63) is 45.1 Å². The third-order valence-electron chi connectivity index (χ3n) is 4.70. The molecule has 1 N–H and O–H groups in total. The fourth-order valence-corrected chi connectivity index (χ4v) is 4.63. The van der Waals surface area contributed by atoms with Crippen molar-refractivity contribution in [3.8, 4) is 17.1 Å². The van der Waals surface area contributed by atoms with Crippen LogP contribution in [0.15, 0.2) is 29.1 Å². The van der Waals surface area contributed by atoms with Gasteiger partial charge in [0, 0.05) is 10.4 Å². The first kappa shape index (κ1) is 16.3. The van der Waals surface area contributed by atoms with Crippen LogP contribution in [0.5, 0.6) is 5.75 Å². The lowest BCUT2D eigenvalue weighted by Crippen LogP contribution is -2.11. The molecular weight excluding hydrogens is 332 g/mol. The molecule has 130 valence electrons. The van der Waals surface area contributed by atoms with Crippen LogP contribution in [0.1, 0.15) is 43.0 Å². The number of fused-ring (bicyclic) bond motifs is 3. The number of thiophene rings is 1. The average Bonchev–Trinajstić information content (AvgIpc) is 3.01. The molecule has 3 aromatic rings. The van der Waals surface area contributed by atoms with Crippen LogP contribution in [0.25, 0.3) is 21.6 Å². The second kappa shape index (κ2) is 7.00. The lowest BCUT2D eigenvalue weighted by Gasteiger charge is -2.09. The van der Waals surface area contributed by atoms with Crippen LogP contribution in [0.4, 0.5) is 0 Å². The van der Waals surface area contributed by atoms with E-state index in [1.54, 1.807) is 11.3 Å². The quantitative estimate of drug-likeness (QED) is 0.675. The summed E-state index contributed by atoms with van der Waals surface area (Å²) in [6.07, 6.45) is 6.59. The highest BCUT2D eigenvalue weighted by Crippen LogP contribution is 2.34. The zero-order chi connectivity index (χ0) is 17.2. The normalized spacial score (nSPS) is 13.8. The molecule has 0 radical (unpaired) electrons. The second-order valence-electron chi connectivity index (χ2n) is 6.54. The van der Waals surface area contributed by atoms with Crippen LogP contribution in [0.3, 0.4) is 0 Å². The summed E-state index contributed by atoms with van der Waals surface area (Å²) in [5.74, 6) is 1.44. The third-order valence-corrected chi connectivity index (χ3v) is 5.88. The van der Waals surface area contributed by atoms with Crippen molar-refractivity contribution in [2.75, 3.05) is 6.61 Å². The van der Waals surface area contributed by atoms with Gasteiger partial charge in [0.05, 0.1) is 12.0 Å². The zero-order valence-corrected chi connectivity index (χ0v) is 15.2. The minimum atomic E-state index is -0.0169. The number of ether oxygens (including phenoxy) is 1. The molecule has 0 spiro atoms. The van der Waals surface area contributed by atoms with Gasteiger partial charge in [-0.3, -0.25) is 4.79 Å². The van der Waals surface area contributed by atoms with E-state index < -0.39 is 0 Å². The minimum Gasteiger partial charge on any atom is -0.494 e. The van der Waals surface area contributed by atoms with Gasteiger partial charge in [0.1, 0.15) is 16.4 Å². The van der Waals surface area contributed by atoms with Gasteiger partial charge in [-0.15, -0.1) is 11.3 Å². The molecule has 0 amide bonds. The van der Waals surface area contributed by atoms with Crippen LogP contribution in [-0.2, 0) is 12.8 Å². The van der Waals surface area contributed by atoms with Gasteiger partial charge in [-0.1, -0.05) is 25.5 Å². The van der Waals surface area contributed by atoms with E-state index >= 15 is 0 Å². The Morgan fingerprint density at radius 2 is 2.16 bits per heavy atom. The molecule has 25 heavy (non-hydrogen) atoms. The molecule has 0 atom stereocenters. The van der Waals surface area contributed by atoms with Crippen molar-refractivity contribution in [3.63, 3.8) is 0 Å². The Kier molecular flexibility index (Phi) is 4.57. The highest BCUT2D eigenvalue weighted by Gasteiger charge is 2.20. The van der Waals surface area contributed by atoms with Gasteiger partial charge in [0.15, 0.2) is 0 Å². The van der Waals surface area contributed by atoms with Crippen LogP contribution < -0.4 is 10.3 Å². The van der Waals surface area contributed by atoms with E-state index in [1.165, 1.54) is 16.9 Å². The van der Waals surface area contributed by atoms with Crippen LogP contribution >= 0.6 is 11.3 Å². The maximum absolute atomic E-state index is 12.7. The fourth-order valence-electron chi connectivity index (χ4n) is 3.37. The number of benzene rings is 1. The molecule has 0 aliphatic heterocycles. The first-order chi connectivity index (χ1) is 12.3. The number of aromatic amines is 1. The summed E-state index contributed by atoms with van der Waals surface area (Å²) >= 11 is 1.68. The summed E-state index contributed by atoms with van der Waals surface area (Å²) in [4.78, 5) is 22.6. The Balaban J connectivity index is 1.72. The summed E-state index contributed by atoms with van der Waals surface area (Å²) in [6.45, 7) is 2.85. The van der Waals surface area contributed by atoms with Gasteiger partial charge in [-0.05, 0) is 49.8 Å². The molecule has 4 rings (SSSR count).